The van der Waals surface area contributed by atoms with E-state index in [9.17, 15) is 4.79 Å². The van der Waals surface area contributed by atoms with Gasteiger partial charge in [-0.1, -0.05) is 6.07 Å². The SMILES string of the molecule is O=C(O)c1ccc2ncn(Cc3cccs3)c2c1. The first kappa shape index (κ1) is 11.0. The predicted octanol–water partition coefficient (Wildman–Crippen LogP) is 2.84. The Morgan fingerprint density at radius 3 is 3.00 bits per heavy atom. The summed E-state index contributed by atoms with van der Waals surface area (Å²) in [5.74, 6) is -0.916. The molecule has 18 heavy (non-hydrogen) atoms. The Bertz CT molecular complexity index is 701. The third-order valence-corrected chi connectivity index (χ3v) is 3.64. The van der Waals surface area contributed by atoms with Crippen LogP contribution in [0.5, 0.6) is 0 Å². The Kier molecular flexibility index (Phi) is 2.60. The van der Waals surface area contributed by atoms with Gasteiger partial charge in [0.1, 0.15) is 0 Å². The molecule has 0 aliphatic carbocycles. The van der Waals surface area contributed by atoms with Crippen LogP contribution < -0.4 is 0 Å². The summed E-state index contributed by atoms with van der Waals surface area (Å²) in [5.41, 5.74) is 1.95. The second-order valence-electron chi connectivity index (χ2n) is 3.96. The average molecular weight is 258 g/mol. The molecule has 4 nitrogen and oxygen atoms in total. The predicted molar refractivity (Wildman–Crippen MR) is 70.1 cm³/mol. The lowest BCUT2D eigenvalue weighted by Gasteiger charge is -2.02. The third kappa shape index (κ3) is 1.89. The van der Waals surface area contributed by atoms with E-state index in [0.29, 0.717) is 0 Å². The van der Waals surface area contributed by atoms with E-state index in [-0.39, 0.29) is 5.56 Å². The molecule has 0 spiro atoms. The van der Waals surface area contributed by atoms with Gasteiger partial charge in [0, 0.05) is 4.88 Å². The highest BCUT2D eigenvalue weighted by molar-refractivity contribution is 7.09. The first-order chi connectivity index (χ1) is 8.74. The van der Waals surface area contributed by atoms with Crippen LogP contribution in [0.1, 0.15) is 15.2 Å². The van der Waals surface area contributed by atoms with Gasteiger partial charge in [-0.15, -0.1) is 11.3 Å². The van der Waals surface area contributed by atoms with Crippen molar-refractivity contribution >= 4 is 28.3 Å². The molecule has 0 unspecified atom stereocenters. The number of imidazole rings is 1. The van der Waals surface area contributed by atoms with Crippen LogP contribution in [0.15, 0.2) is 42.0 Å². The first-order valence-corrected chi connectivity index (χ1v) is 6.32. The van der Waals surface area contributed by atoms with Crippen LogP contribution in [0, 0.1) is 0 Å². The van der Waals surface area contributed by atoms with E-state index in [0.717, 1.165) is 17.6 Å². The van der Waals surface area contributed by atoms with Gasteiger partial charge in [-0.25, -0.2) is 9.78 Å². The highest BCUT2D eigenvalue weighted by Gasteiger charge is 2.08. The smallest absolute Gasteiger partial charge is 0.335 e. The lowest BCUT2D eigenvalue weighted by molar-refractivity contribution is 0.0697. The normalized spacial score (nSPS) is 10.9. The second kappa shape index (κ2) is 4.27. The minimum Gasteiger partial charge on any atom is -0.478 e. The molecule has 3 rings (SSSR count). The van der Waals surface area contributed by atoms with Crippen molar-refractivity contribution in [3.63, 3.8) is 0 Å². The van der Waals surface area contributed by atoms with E-state index < -0.39 is 5.97 Å². The Hall–Kier alpha value is -2.14. The summed E-state index contributed by atoms with van der Waals surface area (Å²) < 4.78 is 1.97. The molecule has 0 saturated heterocycles. The number of fused-ring (bicyclic) bond motifs is 1. The van der Waals surface area contributed by atoms with Gasteiger partial charge in [0.15, 0.2) is 0 Å². The minimum atomic E-state index is -0.916. The van der Waals surface area contributed by atoms with Crippen LogP contribution in [0.2, 0.25) is 0 Å². The number of carbonyl (C=O) groups is 1. The molecule has 0 aliphatic rings. The average Bonchev–Trinajstić information content (AvgIpc) is 2.99. The highest BCUT2D eigenvalue weighted by Crippen LogP contribution is 2.18. The number of hydrogen-bond acceptors (Lipinski definition) is 3. The number of carboxylic acid groups (broad SMARTS) is 1. The van der Waals surface area contributed by atoms with Crippen LogP contribution >= 0.6 is 11.3 Å². The van der Waals surface area contributed by atoms with Crippen LogP contribution in [0.4, 0.5) is 0 Å². The molecule has 0 saturated carbocycles. The van der Waals surface area contributed by atoms with Crippen molar-refractivity contribution in [3.8, 4) is 0 Å². The number of hydrogen-bond donors (Lipinski definition) is 1. The standard InChI is InChI=1S/C13H10N2O2S/c16-13(17)9-3-4-11-12(6-9)15(8-14-11)7-10-2-1-5-18-10/h1-6,8H,7H2,(H,16,17). The van der Waals surface area contributed by atoms with Gasteiger partial charge in [0.05, 0.1) is 29.5 Å². The summed E-state index contributed by atoms with van der Waals surface area (Å²) in [6.07, 6.45) is 1.75. The number of rotatable bonds is 3. The summed E-state index contributed by atoms with van der Waals surface area (Å²) in [7, 11) is 0. The Morgan fingerprint density at radius 2 is 2.28 bits per heavy atom. The molecule has 0 radical (unpaired) electrons. The van der Waals surface area contributed by atoms with Gasteiger partial charge in [-0.05, 0) is 29.6 Å². The zero-order valence-electron chi connectivity index (χ0n) is 9.41. The van der Waals surface area contributed by atoms with Gasteiger partial charge in [0.2, 0.25) is 0 Å². The minimum absolute atomic E-state index is 0.287. The number of aromatic nitrogens is 2. The van der Waals surface area contributed by atoms with Gasteiger partial charge >= 0.3 is 5.97 Å². The fourth-order valence-electron chi connectivity index (χ4n) is 1.89. The van der Waals surface area contributed by atoms with E-state index in [1.165, 1.54) is 4.88 Å². The van der Waals surface area contributed by atoms with Crippen LogP contribution in [-0.4, -0.2) is 20.6 Å². The van der Waals surface area contributed by atoms with Crippen molar-refractivity contribution in [2.45, 2.75) is 6.54 Å². The first-order valence-electron chi connectivity index (χ1n) is 5.44. The van der Waals surface area contributed by atoms with E-state index in [1.54, 1.807) is 35.9 Å². The Labute approximate surface area is 107 Å². The largest absolute Gasteiger partial charge is 0.478 e. The van der Waals surface area contributed by atoms with E-state index in [2.05, 4.69) is 11.1 Å². The number of benzene rings is 1. The fourth-order valence-corrected chi connectivity index (χ4v) is 2.59. The summed E-state index contributed by atoms with van der Waals surface area (Å²) in [6.45, 7) is 0.719. The highest BCUT2D eigenvalue weighted by atomic mass is 32.1. The maximum atomic E-state index is 11.0. The third-order valence-electron chi connectivity index (χ3n) is 2.77. The number of nitrogens with zero attached hydrogens (tertiary/aromatic N) is 2. The molecular weight excluding hydrogens is 248 g/mol. The molecule has 90 valence electrons. The Balaban J connectivity index is 2.06. The van der Waals surface area contributed by atoms with E-state index >= 15 is 0 Å². The molecule has 0 atom stereocenters. The molecule has 2 heterocycles. The molecule has 0 aliphatic heterocycles. The molecule has 2 aromatic heterocycles. The number of aromatic carboxylic acids is 1. The summed E-state index contributed by atoms with van der Waals surface area (Å²) >= 11 is 1.68. The van der Waals surface area contributed by atoms with Crippen molar-refractivity contribution in [2.75, 3.05) is 0 Å². The molecule has 1 N–H and O–H groups in total. The maximum Gasteiger partial charge on any atom is 0.335 e. The lowest BCUT2D eigenvalue weighted by Crippen LogP contribution is -1.99. The fraction of sp³-hybridized carbons (Fsp3) is 0.0769. The molecule has 0 bridgehead atoms. The van der Waals surface area contributed by atoms with Gasteiger partial charge < -0.3 is 9.67 Å². The van der Waals surface area contributed by atoms with Crippen LogP contribution in [0.25, 0.3) is 11.0 Å². The lowest BCUT2D eigenvalue weighted by atomic mass is 10.2. The zero-order chi connectivity index (χ0) is 12.5. The molecular formula is C13H10N2O2S. The van der Waals surface area contributed by atoms with Crippen LogP contribution in [0.3, 0.4) is 0 Å². The Morgan fingerprint density at radius 1 is 1.39 bits per heavy atom. The van der Waals surface area contributed by atoms with Gasteiger partial charge in [-0.3, -0.25) is 0 Å². The molecule has 1 aromatic carbocycles. The molecule has 3 aromatic rings. The van der Waals surface area contributed by atoms with Crippen molar-refractivity contribution in [3.05, 3.63) is 52.5 Å². The van der Waals surface area contributed by atoms with Crippen molar-refractivity contribution in [2.24, 2.45) is 0 Å². The second-order valence-corrected chi connectivity index (χ2v) is 4.99. The van der Waals surface area contributed by atoms with Gasteiger partial charge in [0.25, 0.3) is 0 Å². The summed E-state index contributed by atoms with van der Waals surface area (Å²) in [4.78, 5) is 16.5. The van der Waals surface area contributed by atoms with Gasteiger partial charge in [-0.2, -0.15) is 0 Å². The maximum absolute atomic E-state index is 11.0. The molecule has 0 fully saturated rings. The topological polar surface area (TPSA) is 55.1 Å². The van der Waals surface area contributed by atoms with Crippen molar-refractivity contribution in [1.29, 1.82) is 0 Å². The van der Waals surface area contributed by atoms with E-state index in [1.807, 2.05) is 16.0 Å². The summed E-state index contributed by atoms with van der Waals surface area (Å²) in [6, 6.07) is 9.04. The molecule has 5 heteroatoms. The van der Waals surface area contributed by atoms with E-state index in [4.69, 9.17) is 5.11 Å². The van der Waals surface area contributed by atoms with Crippen LogP contribution in [-0.2, 0) is 6.54 Å². The number of thiophene rings is 1. The van der Waals surface area contributed by atoms with Crippen molar-refractivity contribution in [1.82, 2.24) is 9.55 Å². The molecule has 0 amide bonds. The van der Waals surface area contributed by atoms with Crippen molar-refractivity contribution < 1.29 is 9.90 Å². The zero-order valence-corrected chi connectivity index (χ0v) is 10.2. The number of carboxylic acids is 1. The quantitative estimate of drug-likeness (QED) is 0.786. The monoisotopic (exact) mass is 258 g/mol. The summed E-state index contributed by atoms with van der Waals surface area (Å²) in [5, 5.41) is 11.0.